The van der Waals surface area contributed by atoms with Crippen LogP contribution in [0.1, 0.15) is 23.2 Å². The van der Waals surface area contributed by atoms with Gasteiger partial charge < -0.3 is 10.1 Å². The van der Waals surface area contributed by atoms with Crippen molar-refractivity contribution in [3.8, 4) is 11.5 Å². The number of carbonyl (C=O) groups excluding carboxylic acids is 2. The van der Waals surface area contributed by atoms with Crippen LogP contribution in [0.15, 0.2) is 48.7 Å². The second-order valence-corrected chi connectivity index (χ2v) is 6.25. The summed E-state index contributed by atoms with van der Waals surface area (Å²) >= 11 is 0. The van der Waals surface area contributed by atoms with E-state index >= 15 is 0 Å². The molecule has 1 fully saturated rings. The summed E-state index contributed by atoms with van der Waals surface area (Å²) in [6, 6.07) is 12.1. The van der Waals surface area contributed by atoms with E-state index in [9.17, 15) is 9.59 Å². The largest absolute Gasteiger partial charge is 0.368 e. The van der Waals surface area contributed by atoms with Crippen molar-refractivity contribution < 1.29 is 14.3 Å². The Kier molecular flexibility index (Phi) is 5.07. The Hall–Kier alpha value is -3.59. The smallest absolute Gasteiger partial charge is 0.258 e. The van der Waals surface area contributed by atoms with Crippen molar-refractivity contribution in [1.82, 2.24) is 20.2 Å². The molecule has 0 unspecified atom stereocenters. The summed E-state index contributed by atoms with van der Waals surface area (Å²) in [5, 5.41) is 12.1. The monoisotopic (exact) mass is 378 g/mol. The number of amides is 2. The molecular weight excluding hydrogens is 360 g/mol. The zero-order valence-corrected chi connectivity index (χ0v) is 14.9. The predicted molar refractivity (Wildman–Crippen MR) is 102 cm³/mol. The highest BCUT2D eigenvalue weighted by Gasteiger charge is 2.23. The van der Waals surface area contributed by atoms with E-state index in [-0.39, 0.29) is 17.8 Å². The lowest BCUT2D eigenvalue weighted by Gasteiger charge is -2.11. The summed E-state index contributed by atoms with van der Waals surface area (Å²) in [5.41, 5.74) is 1.51. The molecule has 0 spiro atoms. The number of pyridine rings is 1. The molecule has 0 saturated carbocycles. The lowest BCUT2D eigenvalue weighted by atomic mass is 10.1. The van der Waals surface area contributed by atoms with Crippen LogP contribution in [-0.4, -0.2) is 44.7 Å². The molecule has 2 amide bonds. The Morgan fingerprint density at radius 3 is 2.86 bits per heavy atom. The highest BCUT2D eigenvalue weighted by atomic mass is 16.5. The molecule has 0 aliphatic carbocycles. The van der Waals surface area contributed by atoms with Crippen molar-refractivity contribution in [1.29, 1.82) is 0 Å². The number of anilines is 2. The van der Waals surface area contributed by atoms with Gasteiger partial charge >= 0.3 is 0 Å². The minimum absolute atomic E-state index is 0.138. The summed E-state index contributed by atoms with van der Waals surface area (Å²) in [5.74, 6) is -0.00302. The summed E-state index contributed by atoms with van der Waals surface area (Å²) in [6.07, 6.45) is 2.79. The third kappa shape index (κ3) is 4.04. The molecular formula is C19H18N6O3. The molecule has 3 aromatic rings. The Labute approximate surface area is 160 Å². The Morgan fingerprint density at radius 2 is 2.07 bits per heavy atom. The van der Waals surface area contributed by atoms with Gasteiger partial charge in [-0.1, -0.05) is 12.1 Å². The fraction of sp³-hybridized carbons (Fsp3) is 0.211. The molecule has 142 valence electrons. The normalized spacial score (nSPS) is 15.9. The first-order valence-corrected chi connectivity index (χ1v) is 8.87. The van der Waals surface area contributed by atoms with Gasteiger partial charge in [-0.05, 0) is 43.2 Å². The van der Waals surface area contributed by atoms with Crippen molar-refractivity contribution in [3.63, 3.8) is 0 Å². The molecule has 3 heterocycles. The first kappa shape index (κ1) is 17.8. The number of carbonyl (C=O) groups is 2. The number of benzene rings is 1. The van der Waals surface area contributed by atoms with E-state index in [0.717, 1.165) is 6.42 Å². The number of H-pyrrole nitrogens is 1. The molecule has 9 heteroatoms. The van der Waals surface area contributed by atoms with Crippen molar-refractivity contribution in [2.45, 2.75) is 18.9 Å². The van der Waals surface area contributed by atoms with Crippen molar-refractivity contribution >= 4 is 23.5 Å². The van der Waals surface area contributed by atoms with Gasteiger partial charge in [0.25, 0.3) is 11.8 Å². The molecule has 28 heavy (non-hydrogen) atoms. The van der Waals surface area contributed by atoms with Crippen LogP contribution < -0.4 is 10.6 Å². The third-order valence-electron chi connectivity index (χ3n) is 4.23. The van der Waals surface area contributed by atoms with Gasteiger partial charge in [0.05, 0.1) is 0 Å². The maximum atomic E-state index is 12.5. The topological polar surface area (TPSA) is 122 Å². The van der Waals surface area contributed by atoms with Crippen molar-refractivity contribution in [2.24, 2.45) is 0 Å². The number of hydrogen-bond acceptors (Lipinski definition) is 6. The van der Waals surface area contributed by atoms with Gasteiger partial charge in [-0.2, -0.15) is 4.98 Å². The van der Waals surface area contributed by atoms with Crippen LogP contribution in [0, 0.1) is 0 Å². The summed E-state index contributed by atoms with van der Waals surface area (Å²) in [4.78, 5) is 33.0. The highest BCUT2D eigenvalue weighted by molar-refractivity contribution is 6.04. The molecule has 1 aliphatic heterocycles. The van der Waals surface area contributed by atoms with E-state index in [0.29, 0.717) is 35.8 Å². The van der Waals surface area contributed by atoms with Gasteiger partial charge in [0.2, 0.25) is 5.95 Å². The number of aromatic nitrogens is 4. The van der Waals surface area contributed by atoms with Crippen LogP contribution >= 0.6 is 0 Å². The molecule has 1 aliphatic rings. The van der Waals surface area contributed by atoms with Gasteiger partial charge in [-0.3, -0.25) is 25.0 Å². The second kappa shape index (κ2) is 7.97. The molecule has 1 aromatic carbocycles. The van der Waals surface area contributed by atoms with Crippen LogP contribution in [0.3, 0.4) is 0 Å². The van der Waals surface area contributed by atoms with E-state index in [4.69, 9.17) is 4.74 Å². The average molecular weight is 378 g/mol. The first-order chi connectivity index (χ1) is 13.7. The van der Waals surface area contributed by atoms with E-state index in [1.54, 1.807) is 42.6 Å². The highest BCUT2D eigenvalue weighted by Crippen LogP contribution is 2.17. The second-order valence-electron chi connectivity index (χ2n) is 6.25. The van der Waals surface area contributed by atoms with Crippen LogP contribution in [0.25, 0.3) is 11.5 Å². The standard InChI is InChI=1S/C19H18N6O3/c26-17(23-19-22-16(24-25-19)14-7-1-2-9-20-14)12-5-3-6-13(11-12)21-18(27)15-8-4-10-28-15/h1-3,5-7,9,11,15H,4,8,10H2,(H,21,27)(H2,22,23,24,25,26)/t15-/m1/s1. The number of rotatable bonds is 5. The number of hydrogen-bond donors (Lipinski definition) is 3. The molecule has 0 bridgehead atoms. The molecule has 1 atom stereocenters. The quantitative estimate of drug-likeness (QED) is 0.626. The number of nitrogens with one attached hydrogen (secondary N) is 3. The van der Waals surface area contributed by atoms with Gasteiger partial charge in [0, 0.05) is 24.1 Å². The number of nitrogens with zero attached hydrogens (tertiary/aromatic N) is 3. The summed E-state index contributed by atoms with van der Waals surface area (Å²) in [7, 11) is 0. The number of aromatic amines is 1. The van der Waals surface area contributed by atoms with Gasteiger partial charge in [-0.25, -0.2) is 0 Å². The summed E-state index contributed by atoms with van der Waals surface area (Å²) < 4.78 is 5.37. The average Bonchev–Trinajstić information content (AvgIpc) is 3.41. The third-order valence-corrected chi connectivity index (χ3v) is 4.23. The van der Waals surface area contributed by atoms with Crippen molar-refractivity contribution in [2.75, 3.05) is 17.2 Å². The van der Waals surface area contributed by atoms with Gasteiger partial charge in [-0.15, -0.1) is 5.10 Å². The zero-order valence-electron chi connectivity index (χ0n) is 14.9. The Morgan fingerprint density at radius 1 is 1.14 bits per heavy atom. The predicted octanol–water partition coefficient (Wildman–Crippen LogP) is 2.24. The Bertz CT molecular complexity index is 982. The number of ether oxygens (including phenoxy) is 1. The molecule has 0 radical (unpaired) electrons. The van der Waals surface area contributed by atoms with E-state index < -0.39 is 6.10 Å². The first-order valence-electron chi connectivity index (χ1n) is 8.87. The maximum absolute atomic E-state index is 12.5. The molecule has 3 N–H and O–H groups in total. The molecule has 1 saturated heterocycles. The fourth-order valence-electron chi connectivity index (χ4n) is 2.85. The van der Waals surface area contributed by atoms with E-state index in [1.807, 2.05) is 6.07 Å². The van der Waals surface area contributed by atoms with Gasteiger partial charge in [0.15, 0.2) is 5.82 Å². The van der Waals surface area contributed by atoms with Crippen LogP contribution in [0.2, 0.25) is 0 Å². The van der Waals surface area contributed by atoms with E-state index in [2.05, 4.69) is 30.8 Å². The van der Waals surface area contributed by atoms with Crippen molar-refractivity contribution in [3.05, 3.63) is 54.2 Å². The minimum Gasteiger partial charge on any atom is -0.368 e. The van der Waals surface area contributed by atoms with Gasteiger partial charge in [0.1, 0.15) is 11.8 Å². The molecule has 9 nitrogen and oxygen atoms in total. The summed E-state index contributed by atoms with van der Waals surface area (Å²) in [6.45, 7) is 0.595. The fourth-order valence-corrected chi connectivity index (χ4v) is 2.85. The van der Waals surface area contributed by atoms with Crippen LogP contribution in [-0.2, 0) is 9.53 Å². The minimum atomic E-state index is -0.434. The maximum Gasteiger partial charge on any atom is 0.258 e. The molecule has 4 rings (SSSR count). The van der Waals surface area contributed by atoms with Crippen LogP contribution in [0.5, 0.6) is 0 Å². The Balaban J connectivity index is 1.42. The van der Waals surface area contributed by atoms with E-state index in [1.165, 1.54) is 0 Å². The SMILES string of the molecule is O=C(Nc1n[nH]c(-c2ccccn2)n1)c1cccc(NC(=O)[C@H]2CCCO2)c1. The van der Waals surface area contributed by atoms with Crippen LogP contribution in [0.4, 0.5) is 11.6 Å². The lowest BCUT2D eigenvalue weighted by molar-refractivity contribution is -0.124. The molecule has 2 aromatic heterocycles. The zero-order chi connectivity index (χ0) is 19.3. The lowest BCUT2D eigenvalue weighted by Crippen LogP contribution is -2.27.